The van der Waals surface area contributed by atoms with Crippen LogP contribution >= 0.6 is 0 Å². The van der Waals surface area contributed by atoms with Crippen molar-refractivity contribution in [3.8, 4) is 0 Å². The SMILES string of the molecule is O=C(N/N=C\c1cccc(C(F)(F)F)c1)C1CCCCC1. The molecule has 1 aromatic rings. The van der Waals surface area contributed by atoms with E-state index in [9.17, 15) is 18.0 Å². The van der Waals surface area contributed by atoms with E-state index in [1.54, 1.807) is 0 Å². The minimum absolute atomic E-state index is 0.0302. The molecule has 0 aliphatic heterocycles. The van der Waals surface area contributed by atoms with E-state index in [-0.39, 0.29) is 11.8 Å². The summed E-state index contributed by atoms with van der Waals surface area (Å²) in [7, 11) is 0. The third-order valence-corrected chi connectivity index (χ3v) is 3.58. The average Bonchev–Trinajstić information content (AvgIpc) is 2.47. The van der Waals surface area contributed by atoms with E-state index in [1.165, 1.54) is 18.3 Å². The molecule has 21 heavy (non-hydrogen) atoms. The number of halogens is 3. The summed E-state index contributed by atoms with van der Waals surface area (Å²) < 4.78 is 37.6. The monoisotopic (exact) mass is 298 g/mol. The molecule has 1 fully saturated rings. The number of benzene rings is 1. The van der Waals surface area contributed by atoms with Gasteiger partial charge in [0.15, 0.2) is 0 Å². The van der Waals surface area contributed by atoms with Crippen molar-refractivity contribution in [2.75, 3.05) is 0 Å². The van der Waals surface area contributed by atoms with Crippen molar-refractivity contribution in [2.45, 2.75) is 38.3 Å². The second kappa shape index (κ2) is 6.74. The van der Waals surface area contributed by atoms with Gasteiger partial charge in [-0.3, -0.25) is 4.79 Å². The molecular formula is C15H17F3N2O. The maximum Gasteiger partial charge on any atom is 0.416 e. The topological polar surface area (TPSA) is 41.5 Å². The summed E-state index contributed by atoms with van der Waals surface area (Å²) in [6.07, 6.45) is 1.78. The zero-order chi connectivity index (χ0) is 15.3. The fourth-order valence-corrected chi connectivity index (χ4v) is 2.42. The van der Waals surface area contributed by atoms with Crippen LogP contribution in [-0.4, -0.2) is 12.1 Å². The molecule has 1 N–H and O–H groups in total. The van der Waals surface area contributed by atoms with E-state index in [2.05, 4.69) is 10.5 Å². The van der Waals surface area contributed by atoms with Gasteiger partial charge in [-0.2, -0.15) is 18.3 Å². The van der Waals surface area contributed by atoms with Crippen LogP contribution in [0.4, 0.5) is 13.2 Å². The van der Waals surface area contributed by atoms with Crippen LogP contribution in [0.5, 0.6) is 0 Å². The summed E-state index contributed by atoms with van der Waals surface area (Å²) in [5.41, 5.74) is 1.98. The van der Waals surface area contributed by atoms with Gasteiger partial charge in [-0.05, 0) is 30.5 Å². The molecule has 0 aromatic heterocycles. The number of hydrazone groups is 1. The fourth-order valence-electron chi connectivity index (χ4n) is 2.42. The van der Waals surface area contributed by atoms with Crippen LogP contribution in [-0.2, 0) is 11.0 Å². The summed E-state index contributed by atoms with van der Waals surface area (Å²) >= 11 is 0. The molecule has 1 aliphatic rings. The molecule has 0 heterocycles. The lowest BCUT2D eigenvalue weighted by Crippen LogP contribution is -2.28. The minimum Gasteiger partial charge on any atom is -0.273 e. The number of nitrogens with one attached hydrogen (secondary N) is 1. The zero-order valence-electron chi connectivity index (χ0n) is 11.5. The van der Waals surface area contributed by atoms with E-state index in [1.807, 2.05) is 0 Å². The Hall–Kier alpha value is -1.85. The van der Waals surface area contributed by atoms with Crippen molar-refractivity contribution in [1.29, 1.82) is 0 Å². The molecule has 0 unspecified atom stereocenters. The second-order valence-electron chi connectivity index (χ2n) is 5.19. The highest BCUT2D eigenvalue weighted by atomic mass is 19.4. The van der Waals surface area contributed by atoms with Crippen LogP contribution < -0.4 is 5.43 Å². The summed E-state index contributed by atoms with van der Waals surface area (Å²) in [6.45, 7) is 0. The predicted molar refractivity (Wildman–Crippen MR) is 73.8 cm³/mol. The molecule has 1 aliphatic carbocycles. The van der Waals surface area contributed by atoms with Gasteiger partial charge >= 0.3 is 6.18 Å². The first-order chi connectivity index (χ1) is 9.97. The average molecular weight is 298 g/mol. The Kier molecular flexibility index (Phi) is 4.98. The first kappa shape index (κ1) is 15.5. The number of alkyl halides is 3. The van der Waals surface area contributed by atoms with Gasteiger partial charge < -0.3 is 0 Å². The highest BCUT2D eigenvalue weighted by molar-refractivity contribution is 5.83. The van der Waals surface area contributed by atoms with Crippen LogP contribution in [0, 0.1) is 5.92 Å². The Morgan fingerprint density at radius 3 is 2.62 bits per heavy atom. The maximum atomic E-state index is 12.5. The smallest absolute Gasteiger partial charge is 0.273 e. The molecular weight excluding hydrogens is 281 g/mol. The molecule has 114 valence electrons. The Morgan fingerprint density at radius 1 is 1.24 bits per heavy atom. The number of rotatable bonds is 3. The van der Waals surface area contributed by atoms with Crippen LogP contribution in [0.3, 0.4) is 0 Å². The number of nitrogens with zero attached hydrogens (tertiary/aromatic N) is 1. The second-order valence-corrected chi connectivity index (χ2v) is 5.19. The molecule has 0 spiro atoms. The molecule has 1 amide bonds. The Bertz CT molecular complexity index is 520. The van der Waals surface area contributed by atoms with Crippen molar-refractivity contribution < 1.29 is 18.0 Å². The lowest BCUT2D eigenvalue weighted by atomic mass is 9.89. The van der Waals surface area contributed by atoms with Gasteiger partial charge in [-0.15, -0.1) is 0 Å². The van der Waals surface area contributed by atoms with E-state index < -0.39 is 11.7 Å². The predicted octanol–water partition coefficient (Wildman–Crippen LogP) is 3.74. The lowest BCUT2D eigenvalue weighted by molar-refractivity contribution is -0.137. The molecule has 3 nitrogen and oxygen atoms in total. The van der Waals surface area contributed by atoms with Gasteiger partial charge in [0.2, 0.25) is 5.91 Å². The van der Waals surface area contributed by atoms with E-state index >= 15 is 0 Å². The number of carbonyl (C=O) groups is 1. The Morgan fingerprint density at radius 2 is 1.95 bits per heavy atom. The van der Waals surface area contributed by atoms with Gasteiger partial charge in [0, 0.05) is 5.92 Å². The zero-order valence-corrected chi connectivity index (χ0v) is 11.5. The molecule has 1 saturated carbocycles. The van der Waals surface area contributed by atoms with Gasteiger partial charge in [0.1, 0.15) is 0 Å². The van der Waals surface area contributed by atoms with Crippen molar-refractivity contribution in [1.82, 2.24) is 5.43 Å². The first-order valence-electron chi connectivity index (χ1n) is 6.97. The molecule has 1 aromatic carbocycles. The fraction of sp³-hybridized carbons (Fsp3) is 0.467. The van der Waals surface area contributed by atoms with E-state index in [0.717, 1.165) is 44.2 Å². The van der Waals surface area contributed by atoms with Crippen LogP contribution in [0.15, 0.2) is 29.4 Å². The lowest BCUT2D eigenvalue weighted by Gasteiger charge is -2.19. The van der Waals surface area contributed by atoms with Gasteiger partial charge in [-0.25, -0.2) is 5.43 Å². The van der Waals surface area contributed by atoms with Crippen molar-refractivity contribution >= 4 is 12.1 Å². The summed E-state index contributed by atoms with van der Waals surface area (Å²) in [4.78, 5) is 11.8. The van der Waals surface area contributed by atoms with Crippen molar-refractivity contribution in [2.24, 2.45) is 11.0 Å². The molecule has 0 bridgehead atoms. The number of hydrogen-bond donors (Lipinski definition) is 1. The standard InChI is InChI=1S/C15H17F3N2O/c16-15(17,18)13-8-4-5-11(9-13)10-19-20-14(21)12-6-2-1-3-7-12/h4-5,8-10,12H,1-3,6-7H2,(H,20,21)/b19-10-. The highest BCUT2D eigenvalue weighted by Crippen LogP contribution is 2.29. The quantitative estimate of drug-likeness (QED) is 0.670. The van der Waals surface area contributed by atoms with Crippen LogP contribution in [0.1, 0.15) is 43.2 Å². The minimum atomic E-state index is -4.38. The summed E-state index contributed by atoms with van der Waals surface area (Å²) in [5.74, 6) is -0.185. The Balaban J connectivity index is 1.93. The number of hydrogen-bond acceptors (Lipinski definition) is 2. The molecule has 0 atom stereocenters. The van der Waals surface area contributed by atoms with Crippen molar-refractivity contribution in [3.05, 3.63) is 35.4 Å². The normalized spacial score (nSPS) is 17.1. The summed E-state index contributed by atoms with van der Waals surface area (Å²) in [6, 6.07) is 4.81. The van der Waals surface area contributed by atoms with Crippen LogP contribution in [0.25, 0.3) is 0 Å². The number of carbonyl (C=O) groups excluding carboxylic acids is 1. The largest absolute Gasteiger partial charge is 0.416 e. The van der Waals surface area contributed by atoms with Crippen molar-refractivity contribution in [3.63, 3.8) is 0 Å². The van der Waals surface area contributed by atoms with E-state index in [0.29, 0.717) is 5.56 Å². The molecule has 2 rings (SSSR count). The van der Waals surface area contributed by atoms with Gasteiger partial charge in [0.25, 0.3) is 0 Å². The molecule has 0 saturated heterocycles. The van der Waals surface area contributed by atoms with Gasteiger partial charge in [-0.1, -0.05) is 31.4 Å². The maximum absolute atomic E-state index is 12.5. The molecule has 0 radical (unpaired) electrons. The first-order valence-corrected chi connectivity index (χ1v) is 6.97. The van der Waals surface area contributed by atoms with E-state index in [4.69, 9.17) is 0 Å². The third-order valence-electron chi connectivity index (χ3n) is 3.58. The number of amides is 1. The third kappa shape index (κ3) is 4.58. The highest BCUT2D eigenvalue weighted by Gasteiger charge is 2.30. The van der Waals surface area contributed by atoms with Crippen LogP contribution in [0.2, 0.25) is 0 Å². The molecule has 6 heteroatoms. The Labute approximate surface area is 121 Å². The van der Waals surface area contributed by atoms with Gasteiger partial charge in [0.05, 0.1) is 11.8 Å². The summed E-state index contributed by atoms with van der Waals surface area (Å²) in [5, 5.41) is 3.75.